The molecule has 0 aliphatic carbocycles. The summed E-state index contributed by atoms with van der Waals surface area (Å²) in [5.41, 5.74) is 0.889. The first-order valence-corrected chi connectivity index (χ1v) is 7.08. The van der Waals surface area contributed by atoms with Crippen LogP contribution >= 0.6 is 22.9 Å². The van der Waals surface area contributed by atoms with Gasteiger partial charge in [0.25, 0.3) is 0 Å². The molecule has 0 bridgehead atoms. The first kappa shape index (κ1) is 13.3. The molecule has 0 amide bonds. The van der Waals surface area contributed by atoms with Crippen molar-refractivity contribution in [1.82, 2.24) is 9.97 Å². The van der Waals surface area contributed by atoms with Crippen LogP contribution in [-0.2, 0) is 6.42 Å². The molecule has 0 N–H and O–H groups in total. The summed E-state index contributed by atoms with van der Waals surface area (Å²) in [6.45, 7) is 4.11. The van der Waals surface area contributed by atoms with E-state index in [-0.39, 0.29) is 0 Å². The van der Waals surface area contributed by atoms with Crippen molar-refractivity contribution in [3.05, 3.63) is 39.4 Å². The molecular weight excluding hydrogens is 266 g/mol. The van der Waals surface area contributed by atoms with Gasteiger partial charge in [-0.3, -0.25) is 0 Å². The molecule has 2 aromatic heterocycles. The highest BCUT2D eigenvalue weighted by Gasteiger charge is 2.13. The van der Waals surface area contributed by atoms with E-state index in [1.165, 1.54) is 4.88 Å². The minimum atomic E-state index is 0.306. The van der Waals surface area contributed by atoms with Crippen molar-refractivity contribution in [2.75, 3.05) is 11.9 Å². The van der Waals surface area contributed by atoms with Crippen LogP contribution in [0.3, 0.4) is 0 Å². The summed E-state index contributed by atoms with van der Waals surface area (Å²) >= 11 is 7.68. The fraction of sp³-hybridized carbons (Fsp3) is 0.385. The predicted octanol–water partition coefficient (Wildman–Crippen LogP) is 3.57. The Labute approximate surface area is 116 Å². The van der Waals surface area contributed by atoms with E-state index in [1.54, 1.807) is 11.3 Å². The van der Waals surface area contributed by atoms with Gasteiger partial charge in [-0.1, -0.05) is 6.07 Å². The number of hydrogen-bond acceptors (Lipinski definition) is 4. The SMILES string of the molecule is Cc1cc(N(C)C(C)Cc2cccs2)nc(Cl)n1. The van der Waals surface area contributed by atoms with Gasteiger partial charge in [0.1, 0.15) is 5.82 Å². The summed E-state index contributed by atoms with van der Waals surface area (Å²) in [5.74, 6) is 0.872. The molecule has 0 spiro atoms. The van der Waals surface area contributed by atoms with Crippen molar-refractivity contribution in [3.8, 4) is 0 Å². The second-order valence-electron chi connectivity index (χ2n) is 4.38. The van der Waals surface area contributed by atoms with E-state index in [0.29, 0.717) is 11.3 Å². The molecule has 0 radical (unpaired) electrons. The third-order valence-electron chi connectivity index (χ3n) is 2.91. The van der Waals surface area contributed by atoms with Crippen molar-refractivity contribution >= 4 is 28.8 Å². The van der Waals surface area contributed by atoms with Gasteiger partial charge in [0.2, 0.25) is 5.28 Å². The van der Waals surface area contributed by atoms with E-state index < -0.39 is 0 Å². The maximum Gasteiger partial charge on any atom is 0.224 e. The molecule has 0 aromatic carbocycles. The molecule has 2 aromatic rings. The van der Waals surface area contributed by atoms with Gasteiger partial charge in [0.15, 0.2) is 0 Å². The van der Waals surface area contributed by atoms with E-state index in [0.717, 1.165) is 17.9 Å². The lowest BCUT2D eigenvalue weighted by molar-refractivity contribution is 0.679. The minimum Gasteiger partial charge on any atom is -0.356 e. The number of aromatic nitrogens is 2. The lowest BCUT2D eigenvalue weighted by Gasteiger charge is -2.25. The highest BCUT2D eigenvalue weighted by Crippen LogP contribution is 2.19. The first-order valence-electron chi connectivity index (χ1n) is 5.82. The largest absolute Gasteiger partial charge is 0.356 e. The van der Waals surface area contributed by atoms with Crippen molar-refractivity contribution in [1.29, 1.82) is 0 Å². The molecule has 0 saturated carbocycles. The lowest BCUT2D eigenvalue weighted by atomic mass is 10.2. The molecule has 5 heteroatoms. The van der Waals surface area contributed by atoms with Crippen LogP contribution in [0.15, 0.2) is 23.6 Å². The molecule has 96 valence electrons. The van der Waals surface area contributed by atoms with Crippen molar-refractivity contribution in [2.45, 2.75) is 26.3 Å². The van der Waals surface area contributed by atoms with Crippen molar-refractivity contribution < 1.29 is 0 Å². The number of rotatable bonds is 4. The second-order valence-corrected chi connectivity index (χ2v) is 5.75. The Morgan fingerprint density at radius 1 is 1.44 bits per heavy atom. The van der Waals surface area contributed by atoms with Crippen LogP contribution in [-0.4, -0.2) is 23.1 Å². The average molecular weight is 282 g/mol. The zero-order valence-electron chi connectivity index (χ0n) is 10.7. The van der Waals surface area contributed by atoms with Gasteiger partial charge >= 0.3 is 0 Å². The molecule has 0 aliphatic heterocycles. The highest BCUT2D eigenvalue weighted by atomic mass is 35.5. The quantitative estimate of drug-likeness (QED) is 0.803. The molecular formula is C13H16ClN3S. The molecule has 0 fully saturated rings. The number of thiophene rings is 1. The van der Waals surface area contributed by atoms with Crippen LogP contribution in [0.25, 0.3) is 0 Å². The molecule has 18 heavy (non-hydrogen) atoms. The number of halogens is 1. The smallest absolute Gasteiger partial charge is 0.224 e. The topological polar surface area (TPSA) is 29.0 Å². The maximum absolute atomic E-state index is 5.89. The molecule has 3 nitrogen and oxygen atoms in total. The van der Waals surface area contributed by atoms with Gasteiger partial charge in [-0.25, -0.2) is 9.97 Å². The third-order valence-corrected chi connectivity index (χ3v) is 3.98. The van der Waals surface area contributed by atoms with E-state index >= 15 is 0 Å². The Morgan fingerprint density at radius 3 is 2.83 bits per heavy atom. The fourth-order valence-corrected chi connectivity index (χ4v) is 2.83. The summed E-state index contributed by atoms with van der Waals surface area (Å²) < 4.78 is 0. The van der Waals surface area contributed by atoms with E-state index in [9.17, 15) is 0 Å². The molecule has 2 rings (SSSR count). The molecule has 1 unspecified atom stereocenters. The zero-order valence-corrected chi connectivity index (χ0v) is 12.3. The molecule has 0 aliphatic rings. The van der Waals surface area contributed by atoms with Crippen LogP contribution in [0.1, 0.15) is 17.5 Å². The first-order chi connectivity index (χ1) is 8.56. The lowest BCUT2D eigenvalue weighted by Crippen LogP contribution is -2.31. The standard InChI is InChI=1S/C13H16ClN3S/c1-9-7-12(16-13(14)15-9)17(3)10(2)8-11-5-4-6-18-11/h4-7,10H,8H2,1-3H3. The van der Waals surface area contributed by atoms with E-state index in [2.05, 4.69) is 39.3 Å². The summed E-state index contributed by atoms with van der Waals surface area (Å²) in [5, 5.41) is 2.41. The summed E-state index contributed by atoms with van der Waals surface area (Å²) in [6.07, 6.45) is 1.01. The molecule has 2 heterocycles. The number of likely N-dealkylation sites (N-methyl/N-ethyl adjacent to an activating group) is 1. The summed E-state index contributed by atoms with van der Waals surface area (Å²) in [7, 11) is 2.04. The molecule has 0 saturated heterocycles. The number of aryl methyl sites for hydroxylation is 1. The van der Waals surface area contributed by atoms with Crippen LogP contribution in [0, 0.1) is 6.92 Å². The van der Waals surface area contributed by atoms with Gasteiger partial charge in [-0.05, 0) is 36.9 Å². The normalized spacial score (nSPS) is 12.4. The minimum absolute atomic E-state index is 0.306. The Morgan fingerprint density at radius 2 is 2.22 bits per heavy atom. The third kappa shape index (κ3) is 3.21. The average Bonchev–Trinajstić information content (AvgIpc) is 2.79. The van der Waals surface area contributed by atoms with E-state index in [4.69, 9.17) is 11.6 Å². The predicted molar refractivity (Wildman–Crippen MR) is 77.7 cm³/mol. The van der Waals surface area contributed by atoms with Gasteiger partial charge in [0, 0.05) is 36.1 Å². The van der Waals surface area contributed by atoms with Crippen LogP contribution in [0.4, 0.5) is 5.82 Å². The van der Waals surface area contributed by atoms with Crippen molar-refractivity contribution in [2.24, 2.45) is 0 Å². The summed E-state index contributed by atoms with van der Waals surface area (Å²) in [6, 6.07) is 6.57. The van der Waals surface area contributed by atoms with Crippen LogP contribution in [0.5, 0.6) is 0 Å². The van der Waals surface area contributed by atoms with Crippen molar-refractivity contribution in [3.63, 3.8) is 0 Å². The number of nitrogens with zero attached hydrogens (tertiary/aromatic N) is 3. The summed E-state index contributed by atoms with van der Waals surface area (Å²) in [4.78, 5) is 11.9. The van der Waals surface area contributed by atoms with Crippen LogP contribution in [0.2, 0.25) is 5.28 Å². The maximum atomic E-state index is 5.89. The van der Waals surface area contributed by atoms with Gasteiger partial charge in [-0.15, -0.1) is 11.3 Å². The fourth-order valence-electron chi connectivity index (χ4n) is 1.78. The Kier molecular flexibility index (Phi) is 4.19. The van der Waals surface area contributed by atoms with Gasteiger partial charge in [-0.2, -0.15) is 0 Å². The highest BCUT2D eigenvalue weighted by molar-refractivity contribution is 7.09. The number of anilines is 1. The Hall–Kier alpha value is -1.13. The van der Waals surface area contributed by atoms with E-state index in [1.807, 2.05) is 20.0 Å². The van der Waals surface area contributed by atoms with Gasteiger partial charge in [0.05, 0.1) is 0 Å². The Balaban J connectivity index is 2.12. The second kappa shape index (κ2) is 5.67. The molecule has 1 atom stereocenters. The zero-order chi connectivity index (χ0) is 13.1. The van der Waals surface area contributed by atoms with Gasteiger partial charge < -0.3 is 4.90 Å². The Bertz CT molecular complexity index is 493. The van der Waals surface area contributed by atoms with Crippen LogP contribution < -0.4 is 4.90 Å². The number of hydrogen-bond donors (Lipinski definition) is 0. The monoisotopic (exact) mass is 281 g/mol.